The zero-order valence-corrected chi connectivity index (χ0v) is 7.38. The molecule has 0 aliphatic carbocycles. The van der Waals surface area contributed by atoms with Crippen LogP contribution in [0.5, 0.6) is 0 Å². The molecule has 7 heteroatoms. The van der Waals surface area contributed by atoms with Crippen LogP contribution in [0.1, 0.15) is 0 Å². The number of carboxylic acid groups (broad SMARTS) is 1. The second-order valence-electron chi connectivity index (χ2n) is 1.38. The summed E-state index contributed by atoms with van der Waals surface area (Å²) in [6, 6.07) is 4.04. The first-order valence-corrected chi connectivity index (χ1v) is 4.61. The Bertz CT molecular complexity index is 314. The highest BCUT2D eigenvalue weighted by Crippen LogP contribution is 1.91. The van der Waals surface area contributed by atoms with Crippen LogP contribution >= 0.6 is 11.3 Å². The molecule has 1 heterocycles. The van der Waals surface area contributed by atoms with Crippen LogP contribution in [0, 0.1) is 0 Å². The van der Waals surface area contributed by atoms with E-state index < -0.39 is 16.6 Å². The first-order valence-electron chi connectivity index (χ1n) is 2.64. The zero-order chi connectivity index (χ0) is 9.40. The van der Waals surface area contributed by atoms with Crippen LogP contribution in [0.3, 0.4) is 0 Å². The van der Waals surface area contributed by atoms with E-state index in [1.54, 1.807) is 11.3 Å². The first kappa shape index (κ1) is 10.8. The van der Waals surface area contributed by atoms with E-state index >= 15 is 0 Å². The van der Waals surface area contributed by atoms with Crippen molar-refractivity contribution in [2.24, 2.45) is 4.36 Å². The quantitative estimate of drug-likeness (QED) is 0.698. The third-order valence-corrected chi connectivity index (χ3v) is 1.51. The van der Waals surface area contributed by atoms with Crippen molar-refractivity contribution in [3.63, 3.8) is 0 Å². The van der Waals surface area contributed by atoms with Crippen LogP contribution in [0.4, 0.5) is 4.79 Å². The van der Waals surface area contributed by atoms with Gasteiger partial charge in [0.15, 0.2) is 0 Å². The number of nitrogens with zero attached hydrogens (tertiary/aromatic N) is 1. The smallest absolute Gasteiger partial charge is 0.446 e. The molecule has 0 spiro atoms. The maximum absolute atomic E-state index is 9.26. The first-order chi connectivity index (χ1) is 5.63. The molecule has 0 saturated carbocycles. The number of hydrogen-bond donors (Lipinski definition) is 1. The fourth-order valence-electron chi connectivity index (χ4n) is 0.291. The molecule has 0 radical (unpaired) electrons. The SMILES string of the molecule is O=C(O)N=S(=O)=O.c1ccsc1. The summed E-state index contributed by atoms with van der Waals surface area (Å²) >= 11 is 1.71. The highest BCUT2D eigenvalue weighted by molar-refractivity contribution is 7.62. The van der Waals surface area contributed by atoms with Crippen molar-refractivity contribution in [1.29, 1.82) is 0 Å². The summed E-state index contributed by atoms with van der Waals surface area (Å²) in [5.41, 5.74) is 0. The van der Waals surface area contributed by atoms with Crippen LogP contribution in [-0.4, -0.2) is 19.6 Å². The Morgan fingerprint density at radius 2 is 1.83 bits per heavy atom. The van der Waals surface area contributed by atoms with Crippen LogP contribution in [0.2, 0.25) is 0 Å². The summed E-state index contributed by atoms with van der Waals surface area (Å²) in [4.78, 5) is 9.25. The molecule has 0 aliphatic rings. The van der Waals surface area contributed by atoms with Gasteiger partial charge in [0.05, 0.1) is 0 Å². The van der Waals surface area contributed by atoms with Crippen molar-refractivity contribution in [3.05, 3.63) is 22.9 Å². The summed E-state index contributed by atoms with van der Waals surface area (Å²) in [6.07, 6.45) is -1.70. The molecule has 66 valence electrons. The Morgan fingerprint density at radius 3 is 1.92 bits per heavy atom. The fourth-order valence-corrected chi connectivity index (χ4v) is 0.872. The number of amides is 1. The normalized spacial score (nSPS) is 7.67. The van der Waals surface area contributed by atoms with E-state index in [1.807, 2.05) is 22.9 Å². The Hall–Kier alpha value is -1.21. The van der Waals surface area contributed by atoms with Crippen molar-refractivity contribution < 1.29 is 18.3 Å². The maximum atomic E-state index is 9.26. The summed E-state index contributed by atoms with van der Waals surface area (Å²) < 4.78 is 20.6. The number of thiophene rings is 1. The molecule has 0 aromatic carbocycles. The number of rotatable bonds is 0. The highest BCUT2D eigenvalue weighted by atomic mass is 32.2. The molecule has 0 aliphatic heterocycles. The molecule has 0 fully saturated rings. The average molecular weight is 207 g/mol. The molecule has 0 saturated heterocycles. The topological polar surface area (TPSA) is 83.8 Å². The molecule has 1 rings (SSSR count). The van der Waals surface area contributed by atoms with Gasteiger partial charge in [0.1, 0.15) is 0 Å². The zero-order valence-electron chi connectivity index (χ0n) is 5.75. The van der Waals surface area contributed by atoms with Crippen LogP contribution in [0.15, 0.2) is 27.3 Å². The second kappa shape index (κ2) is 6.50. The summed E-state index contributed by atoms with van der Waals surface area (Å²) in [6.45, 7) is 0. The van der Waals surface area contributed by atoms with Crippen molar-refractivity contribution in [2.45, 2.75) is 0 Å². The van der Waals surface area contributed by atoms with Crippen LogP contribution in [-0.2, 0) is 10.5 Å². The molecule has 12 heavy (non-hydrogen) atoms. The number of hydrogen-bond acceptors (Lipinski definition) is 4. The van der Waals surface area contributed by atoms with Gasteiger partial charge in [-0.05, 0) is 10.8 Å². The summed E-state index contributed by atoms with van der Waals surface area (Å²) in [5, 5.41) is 11.6. The van der Waals surface area contributed by atoms with Gasteiger partial charge in [0, 0.05) is 0 Å². The lowest BCUT2D eigenvalue weighted by atomic mass is 10.7. The van der Waals surface area contributed by atoms with Gasteiger partial charge >= 0.3 is 16.6 Å². The van der Waals surface area contributed by atoms with E-state index in [0.717, 1.165) is 0 Å². The van der Waals surface area contributed by atoms with Gasteiger partial charge in [-0.25, -0.2) is 4.79 Å². The fraction of sp³-hybridized carbons (Fsp3) is 0. The molecule has 1 aromatic heterocycles. The lowest BCUT2D eigenvalue weighted by Gasteiger charge is -1.62. The molecule has 0 bridgehead atoms. The lowest BCUT2D eigenvalue weighted by Crippen LogP contribution is -1.80. The minimum absolute atomic E-state index is 1.70. The van der Waals surface area contributed by atoms with Gasteiger partial charge in [-0.3, -0.25) is 0 Å². The van der Waals surface area contributed by atoms with Gasteiger partial charge < -0.3 is 5.11 Å². The average Bonchev–Trinajstić information content (AvgIpc) is 2.36. The predicted octanol–water partition coefficient (Wildman–Crippen LogP) is 1.48. The molecular weight excluding hydrogens is 202 g/mol. The molecule has 1 amide bonds. The molecule has 0 atom stereocenters. The molecule has 0 unspecified atom stereocenters. The minimum atomic E-state index is -2.82. The Balaban J connectivity index is 0.000000211. The Morgan fingerprint density at radius 1 is 1.33 bits per heavy atom. The van der Waals surface area contributed by atoms with E-state index in [4.69, 9.17) is 5.11 Å². The second-order valence-corrected chi connectivity index (χ2v) is 2.82. The third-order valence-electron chi connectivity index (χ3n) is 0.578. The van der Waals surface area contributed by atoms with E-state index in [9.17, 15) is 13.2 Å². The molecule has 1 aromatic rings. The standard InChI is InChI=1S/C4H4S.CHNO4S/c1-2-4-5-3-1;3-1(4)2-7(5)6/h1-4H;(H,3,4). The van der Waals surface area contributed by atoms with Crippen molar-refractivity contribution >= 4 is 27.9 Å². The Kier molecular flexibility index (Phi) is 5.84. The van der Waals surface area contributed by atoms with Crippen molar-refractivity contribution in [3.8, 4) is 0 Å². The lowest BCUT2D eigenvalue weighted by molar-refractivity contribution is 0.206. The molecule has 1 N–H and O–H groups in total. The van der Waals surface area contributed by atoms with Gasteiger partial charge in [-0.1, -0.05) is 16.5 Å². The largest absolute Gasteiger partial charge is 0.463 e. The third kappa shape index (κ3) is 8.79. The van der Waals surface area contributed by atoms with Crippen molar-refractivity contribution in [2.75, 3.05) is 0 Å². The number of carbonyl (C=O) groups is 1. The van der Waals surface area contributed by atoms with Crippen molar-refractivity contribution in [1.82, 2.24) is 0 Å². The van der Waals surface area contributed by atoms with E-state index in [0.29, 0.717) is 0 Å². The maximum Gasteiger partial charge on any atom is 0.446 e. The highest BCUT2D eigenvalue weighted by Gasteiger charge is 1.84. The molecule has 5 nitrogen and oxygen atoms in total. The van der Waals surface area contributed by atoms with Crippen LogP contribution < -0.4 is 0 Å². The predicted molar refractivity (Wildman–Crippen MR) is 43.7 cm³/mol. The van der Waals surface area contributed by atoms with Crippen LogP contribution in [0.25, 0.3) is 0 Å². The summed E-state index contributed by atoms with van der Waals surface area (Å²) in [7, 11) is -2.82. The van der Waals surface area contributed by atoms with E-state index in [2.05, 4.69) is 4.36 Å². The minimum Gasteiger partial charge on any atom is -0.463 e. The van der Waals surface area contributed by atoms with E-state index in [1.165, 1.54) is 0 Å². The summed E-state index contributed by atoms with van der Waals surface area (Å²) in [5.74, 6) is 0. The molecular formula is C5H5NO4S2. The Labute approximate surface area is 74.0 Å². The van der Waals surface area contributed by atoms with Gasteiger partial charge in [0.25, 0.3) is 0 Å². The monoisotopic (exact) mass is 207 g/mol. The van der Waals surface area contributed by atoms with Gasteiger partial charge in [-0.15, -0.1) is 0 Å². The van der Waals surface area contributed by atoms with E-state index in [-0.39, 0.29) is 0 Å². The van der Waals surface area contributed by atoms with Gasteiger partial charge in [0.2, 0.25) is 0 Å². The van der Waals surface area contributed by atoms with Gasteiger partial charge in [-0.2, -0.15) is 19.8 Å².